The third-order valence-corrected chi connectivity index (χ3v) is 1.73. The van der Waals surface area contributed by atoms with Crippen molar-refractivity contribution in [3.63, 3.8) is 0 Å². The molecule has 0 aromatic heterocycles. The lowest BCUT2D eigenvalue weighted by Crippen LogP contribution is -1.74. The molecule has 2 nitrogen and oxygen atoms in total. The van der Waals surface area contributed by atoms with Crippen LogP contribution < -0.4 is 0 Å². The molecular weight excluding hydrogens is 218 g/mol. The fourth-order valence-corrected chi connectivity index (χ4v) is 1.05. The number of benzene rings is 1. The zero-order chi connectivity index (χ0) is 9.56. The number of halogens is 1. The van der Waals surface area contributed by atoms with E-state index in [0.717, 1.165) is 0 Å². The van der Waals surface area contributed by atoms with E-state index in [0.29, 0.717) is 10.0 Å². The van der Waals surface area contributed by atoms with Crippen molar-refractivity contribution in [1.82, 2.24) is 0 Å². The van der Waals surface area contributed by atoms with E-state index in [-0.39, 0.29) is 5.75 Å². The normalized spacial score (nSPS) is 7.83. The van der Waals surface area contributed by atoms with Gasteiger partial charge in [0.25, 0.3) is 0 Å². The first-order chi connectivity index (χ1) is 5.74. The van der Waals surface area contributed by atoms with Crippen LogP contribution in [0.25, 0.3) is 0 Å². The number of rotatable bonds is 0. The van der Waals surface area contributed by atoms with E-state index in [9.17, 15) is 0 Å². The maximum absolute atomic E-state index is 8.89. The molecule has 0 heterocycles. The van der Waals surface area contributed by atoms with Crippen molar-refractivity contribution in [2.45, 2.75) is 13.8 Å². The van der Waals surface area contributed by atoms with Crippen LogP contribution in [0.1, 0.15) is 19.4 Å². The van der Waals surface area contributed by atoms with E-state index >= 15 is 0 Å². The van der Waals surface area contributed by atoms with Crippen LogP contribution in [-0.4, -0.2) is 5.11 Å². The van der Waals surface area contributed by atoms with Crippen LogP contribution in [0.2, 0.25) is 0 Å². The van der Waals surface area contributed by atoms with Crippen molar-refractivity contribution in [1.29, 1.82) is 5.26 Å². The first kappa shape index (κ1) is 11.0. The van der Waals surface area contributed by atoms with Gasteiger partial charge in [0, 0.05) is 4.47 Å². The van der Waals surface area contributed by atoms with Gasteiger partial charge in [0.05, 0.1) is 5.56 Å². The van der Waals surface area contributed by atoms with Gasteiger partial charge in [-0.1, -0.05) is 13.8 Å². The van der Waals surface area contributed by atoms with E-state index in [2.05, 4.69) is 15.9 Å². The number of phenolic OH excluding ortho intramolecular Hbond substituents is 1. The second kappa shape index (κ2) is 5.62. The lowest BCUT2D eigenvalue weighted by Gasteiger charge is -1.93. The monoisotopic (exact) mass is 227 g/mol. The minimum atomic E-state index is 0.158. The zero-order valence-corrected chi connectivity index (χ0v) is 8.59. The largest absolute Gasteiger partial charge is 0.508 e. The number of nitriles is 1. The van der Waals surface area contributed by atoms with Gasteiger partial charge in [-0.15, -0.1) is 0 Å². The molecular formula is C9H10BrNO. The van der Waals surface area contributed by atoms with E-state index in [1.807, 2.05) is 19.9 Å². The number of hydrogen-bond acceptors (Lipinski definition) is 2. The molecule has 0 radical (unpaired) electrons. The summed E-state index contributed by atoms with van der Waals surface area (Å²) < 4.78 is 0.620. The maximum atomic E-state index is 8.89. The highest BCUT2D eigenvalue weighted by Crippen LogP contribution is 2.20. The third-order valence-electron chi connectivity index (χ3n) is 1.07. The Labute approximate surface area is 80.6 Å². The molecule has 3 heteroatoms. The smallest absolute Gasteiger partial charge is 0.116 e. The Morgan fingerprint density at radius 2 is 2.00 bits per heavy atom. The molecule has 0 bridgehead atoms. The summed E-state index contributed by atoms with van der Waals surface area (Å²) in [5.74, 6) is 0.158. The number of aromatic hydroxyl groups is 1. The molecule has 0 amide bonds. The van der Waals surface area contributed by atoms with E-state index in [1.54, 1.807) is 6.07 Å². The molecule has 1 aromatic carbocycles. The number of phenols is 1. The van der Waals surface area contributed by atoms with Crippen LogP contribution >= 0.6 is 15.9 Å². The van der Waals surface area contributed by atoms with Crippen LogP contribution in [0.4, 0.5) is 0 Å². The van der Waals surface area contributed by atoms with Crippen LogP contribution in [0.3, 0.4) is 0 Å². The van der Waals surface area contributed by atoms with Gasteiger partial charge < -0.3 is 5.11 Å². The Morgan fingerprint density at radius 3 is 2.42 bits per heavy atom. The summed E-state index contributed by atoms with van der Waals surface area (Å²) in [6.07, 6.45) is 0. The maximum Gasteiger partial charge on any atom is 0.116 e. The molecule has 0 unspecified atom stereocenters. The molecule has 1 rings (SSSR count). The summed E-state index contributed by atoms with van der Waals surface area (Å²) in [7, 11) is 0. The van der Waals surface area contributed by atoms with Crippen molar-refractivity contribution < 1.29 is 5.11 Å². The van der Waals surface area contributed by atoms with Crippen LogP contribution in [0, 0.1) is 11.3 Å². The summed E-state index contributed by atoms with van der Waals surface area (Å²) in [4.78, 5) is 0. The fourth-order valence-electron chi connectivity index (χ4n) is 0.595. The minimum Gasteiger partial charge on any atom is -0.508 e. The van der Waals surface area contributed by atoms with E-state index < -0.39 is 0 Å². The molecule has 64 valence electrons. The predicted molar refractivity (Wildman–Crippen MR) is 51.9 cm³/mol. The summed E-state index contributed by atoms with van der Waals surface area (Å²) in [5.41, 5.74) is 0.526. The van der Waals surface area contributed by atoms with Crippen LogP contribution in [0.15, 0.2) is 22.7 Å². The van der Waals surface area contributed by atoms with Crippen molar-refractivity contribution in [2.24, 2.45) is 0 Å². The molecule has 1 N–H and O–H groups in total. The van der Waals surface area contributed by atoms with Gasteiger partial charge in [-0.25, -0.2) is 0 Å². The first-order valence-corrected chi connectivity index (χ1v) is 4.42. The highest BCUT2D eigenvalue weighted by molar-refractivity contribution is 9.10. The van der Waals surface area contributed by atoms with Crippen LogP contribution in [-0.2, 0) is 0 Å². The molecule has 0 saturated carbocycles. The van der Waals surface area contributed by atoms with Gasteiger partial charge in [-0.2, -0.15) is 5.26 Å². The zero-order valence-electron chi connectivity index (χ0n) is 7.00. The molecule has 0 aliphatic rings. The Balaban J connectivity index is 0.000000561. The highest BCUT2D eigenvalue weighted by Gasteiger charge is 1.97. The third kappa shape index (κ3) is 2.93. The second-order valence-corrected chi connectivity index (χ2v) is 2.63. The van der Waals surface area contributed by atoms with Gasteiger partial charge in [0.1, 0.15) is 11.8 Å². The summed E-state index contributed by atoms with van der Waals surface area (Å²) in [6.45, 7) is 4.00. The minimum absolute atomic E-state index is 0.158. The molecule has 0 atom stereocenters. The predicted octanol–water partition coefficient (Wildman–Crippen LogP) is 3.05. The Morgan fingerprint density at radius 1 is 1.42 bits per heavy atom. The summed E-state index contributed by atoms with van der Waals surface area (Å²) in [5, 5.41) is 17.3. The average molecular weight is 228 g/mol. The topological polar surface area (TPSA) is 44.0 Å². The molecule has 0 aliphatic heterocycles. The van der Waals surface area contributed by atoms with Crippen molar-refractivity contribution >= 4 is 15.9 Å². The first-order valence-electron chi connectivity index (χ1n) is 3.62. The molecule has 0 saturated heterocycles. The van der Waals surface area contributed by atoms with E-state index in [1.165, 1.54) is 12.1 Å². The van der Waals surface area contributed by atoms with Gasteiger partial charge in [-0.05, 0) is 34.1 Å². The molecule has 1 aromatic rings. The number of hydrogen-bond donors (Lipinski definition) is 1. The lowest BCUT2D eigenvalue weighted by molar-refractivity contribution is 0.475. The standard InChI is InChI=1S/C7H4BrNO.C2H6/c8-7-3-6(10)2-1-5(7)4-9;1-2/h1-3,10H;1-2H3. The second-order valence-electron chi connectivity index (χ2n) is 1.78. The molecule has 0 spiro atoms. The Kier molecular flexibility index (Phi) is 5.14. The highest BCUT2D eigenvalue weighted by atomic mass is 79.9. The average Bonchev–Trinajstić information content (AvgIpc) is 2.08. The SMILES string of the molecule is CC.N#Cc1ccc(O)cc1Br. The van der Waals surface area contributed by atoms with Gasteiger partial charge in [0.15, 0.2) is 0 Å². The van der Waals surface area contributed by atoms with Gasteiger partial charge >= 0.3 is 0 Å². The quantitative estimate of drug-likeness (QED) is 0.741. The van der Waals surface area contributed by atoms with Crippen molar-refractivity contribution in [2.75, 3.05) is 0 Å². The van der Waals surface area contributed by atoms with Crippen molar-refractivity contribution in [3.8, 4) is 11.8 Å². The lowest BCUT2D eigenvalue weighted by atomic mass is 10.2. The van der Waals surface area contributed by atoms with Gasteiger partial charge in [-0.3, -0.25) is 0 Å². The molecule has 0 fully saturated rings. The molecule has 12 heavy (non-hydrogen) atoms. The van der Waals surface area contributed by atoms with Crippen molar-refractivity contribution in [3.05, 3.63) is 28.2 Å². The summed E-state index contributed by atoms with van der Waals surface area (Å²) >= 11 is 3.12. The van der Waals surface area contributed by atoms with E-state index in [4.69, 9.17) is 10.4 Å². The molecule has 0 aliphatic carbocycles. The van der Waals surface area contributed by atoms with Gasteiger partial charge in [0.2, 0.25) is 0 Å². The van der Waals surface area contributed by atoms with Crippen LogP contribution in [0.5, 0.6) is 5.75 Å². The Hall–Kier alpha value is -1.01. The fraction of sp³-hybridized carbons (Fsp3) is 0.222. The summed E-state index contributed by atoms with van der Waals surface area (Å²) in [6, 6.07) is 6.48. The number of nitrogens with zero attached hydrogens (tertiary/aromatic N) is 1. The Bertz CT molecular complexity index is 291.